The maximum absolute atomic E-state index is 9.62. The average Bonchev–Trinajstić information content (AvgIpc) is 1.65. The van der Waals surface area contributed by atoms with Crippen LogP contribution >= 0.6 is 11.6 Å². The quantitative estimate of drug-likeness (QED) is 0.442. The van der Waals surface area contributed by atoms with Gasteiger partial charge in [-0.2, -0.15) is 0 Å². The molecule has 0 amide bonds. The third-order valence-corrected chi connectivity index (χ3v) is 0.707. The lowest BCUT2D eigenvalue weighted by molar-refractivity contribution is 0.124. The Morgan fingerprint density at radius 2 is 2.38 bits per heavy atom. The highest BCUT2D eigenvalue weighted by Crippen LogP contribution is 2.01. The van der Waals surface area contributed by atoms with Crippen molar-refractivity contribution in [2.45, 2.75) is 6.92 Å². The second-order valence-corrected chi connectivity index (χ2v) is 1.33. The lowest BCUT2D eigenvalue weighted by Gasteiger charge is -1.91. The molecule has 0 rings (SSSR count). The van der Waals surface area contributed by atoms with E-state index in [2.05, 4.69) is 4.74 Å². The molecule has 4 heteroatoms. The van der Waals surface area contributed by atoms with Gasteiger partial charge in [-0.05, 0) is 24.6 Å². The van der Waals surface area contributed by atoms with Gasteiger partial charge in [-0.15, -0.1) is 0 Å². The largest absolute Gasteiger partial charge is 0.512 e. The Morgan fingerprint density at radius 3 is 2.50 bits per heavy atom. The molecular formula is C4H5ClO3. The molecule has 0 unspecified atom stereocenters. The van der Waals surface area contributed by atoms with E-state index in [9.17, 15) is 4.79 Å². The smallest absolute Gasteiger partial charge is 0.449 e. The molecule has 0 fully saturated rings. The fraction of sp³-hybridized carbons (Fsp3) is 0.250. The molecule has 3 nitrogen and oxygen atoms in total. The molecule has 8 heavy (non-hydrogen) atoms. The Bertz CT molecular complexity index is 118. The molecule has 0 spiro atoms. The Morgan fingerprint density at radius 1 is 1.88 bits per heavy atom. The number of halogens is 1. The van der Waals surface area contributed by atoms with Gasteiger partial charge in [-0.3, -0.25) is 0 Å². The van der Waals surface area contributed by atoms with E-state index in [4.69, 9.17) is 16.7 Å². The van der Waals surface area contributed by atoms with Crippen molar-refractivity contribution in [2.75, 3.05) is 0 Å². The average molecular weight is 137 g/mol. The van der Waals surface area contributed by atoms with Crippen molar-refractivity contribution in [2.24, 2.45) is 0 Å². The summed E-state index contributed by atoms with van der Waals surface area (Å²) >= 11 is 5.12. The first-order chi connectivity index (χ1) is 3.66. The highest BCUT2D eigenvalue weighted by atomic mass is 35.5. The van der Waals surface area contributed by atoms with Crippen LogP contribution in [0.2, 0.25) is 0 Å². The molecule has 0 saturated carbocycles. The topological polar surface area (TPSA) is 46.5 Å². The van der Waals surface area contributed by atoms with Crippen molar-refractivity contribution in [1.29, 1.82) is 0 Å². The van der Waals surface area contributed by atoms with Crippen molar-refractivity contribution < 1.29 is 14.6 Å². The van der Waals surface area contributed by atoms with E-state index in [0.29, 0.717) is 0 Å². The molecule has 0 heterocycles. The summed E-state index contributed by atoms with van der Waals surface area (Å²) in [4.78, 5) is 9.62. The fourth-order valence-electron chi connectivity index (χ4n) is 0.142. The summed E-state index contributed by atoms with van der Waals surface area (Å²) in [5.74, 6) is 0. The Kier molecular flexibility index (Phi) is 3.03. The first-order valence-electron chi connectivity index (χ1n) is 1.89. The molecule has 0 saturated heterocycles. The molecule has 0 aromatic heterocycles. The van der Waals surface area contributed by atoms with Crippen LogP contribution in [0.4, 0.5) is 4.79 Å². The lowest BCUT2D eigenvalue weighted by atomic mass is 10.7. The summed E-state index contributed by atoms with van der Waals surface area (Å²) < 4.78 is 3.94. The summed E-state index contributed by atoms with van der Waals surface area (Å²) in [7, 11) is 0. The minimum Gasteiger partial charge on any atom is -0.449 e. The van der Waals surface area contributed by atoms with Gasteiger partial charge in [0.2, 0.25) is 0 Å². The maximum atomic E-state index is 9.62. The van der Waals surface area contributed by atoms with Crippen LogP contribution in [0.5, 0.6) is 0 Å². The molecule has 0 atom stereocenters. The Balaban J connectivity index is 3.56. The van der Waals surface area contributed by atoms with Gasteiger partial charge < -0.3 is 9.84 Å². The SMILES string of the molecule is CC=C(Cl)OC(=O)O. The van der Waals surface area contributed by atoms with Crippen LogP contribution < -0.4 is 0 Å². The zero-order valence-corrected chi connectivity index (χ0v) is 4.97. The predicted molar refractivity (Wildman–Crippen MR) is 28.7 cm³/mol. The van der Waals surface area contributed by atoms with Crippen molar-refractivity contribution in [1.82, 2.24) is 0 Å². The van der Waals surface area contributed by atoms with E-state index in [1.54, 1.807) is 6.92 Å². The van der Waals surface area contributed by atoms with Gasteiger partial charge in [0, 0.05) is 0 Å². The second-order valence-electron chi connectivity index (χ2n) is 0.961. The van der Waals surface area contributed by atoms with E-state index in [1.807, 2.05) is 0 Å². The molecule has 46 valence electrons. The number of ether oxygens (including phenoxy) is 1. The summed E-state index contributed by atoms with van der Waals surface area (Å²) in [5, 5.41) is 7.74. The van der Waals surface area contributed by atoms with Crippen LogP contribution in [0, 0.1) is 0 Å². The van der Waals surface area contributed by atoms with Gasteiger partial charge in [-0.25, -0.2) is 4.79 Å². The molecule has 0 aromatic rings. The number of rotatable bonds is 1. The van der Waals surface area contributed by atoms with Gasteiger partial charge in [0.05, 0.1) is 0 Å². The second kappa shape index (κ2) is 3.32. The summed E-state index contributed by atoms with van der Waals surface area (Å²) in [5.41, 5.74) is 0. The van der Waals surface area contributed by atoms with Crippen molar-refractivity contribution in [3.63, 3.8) is 0 Å². The third kappa shape index (κ3) is 3.49. The number of hydrogen-bond acceptors (Lipinski definition) is 2. The molecular weight excluding hydrogens is 131 g/mol. The maximum Gasteiger partial charge on any atom is 0.512 e. The standard InChI is InChI=1S/C4H5ClO3/c1-2-3(5)8-4(6)7/h2H,1H3,(H,6,7). The van der Waals surface area contributed by atoms with Crippen LogP contribution in [0.1, 0.15) is 6.92 Å². The lowest BCUT2D eigenvalue weighted by Crippen LogP contribution is -1.94. The van der Waals surface area contributed by atoms with Crippen LogP contribution in [0.25, 0.3) is 0 Å². The van der Waals surface area contributed by atoms with Crippen molar-refractivity contribution in [3.05, 3.63) is 11.3 Å². The number of allylic oxidation sites excluding steroid dienone is 1. The minimum atomic E-state index is -1.40. The van der Waals surface area contributed by atoms with E-state index in [0.717, 1.165) is 0 Å². The van der Waals surface area contributed by atoms with Crippen LogP contribution in [-0.2, 0) is 4.74 Å². The van der Waals surface area contributed by atoms with Gasteiger partial charge in [0.25, 0.3) is 0 Å². The van der Waals surface area contributed by atoms with E-state index in [-0.39, 0.29) is 5.22 Å². The Hall–Kier alpha value is -0.700. The molecule has 0 aliphatic heterocycles. The van der Waals surface area contributed by atoms with Crippen molar-refractivity contribution >= 4 is 17.8 Å². The Labute approximate surface area is 51.5 Å². The van der Waals surface area contributed by atoms with Gasteiger partial charge in [-0.1, -0.05) is 0 Å². The van der Waals surface area contributed by atoms with Crippen LogP contribution in [0.3, 0.4) is 0 Å². The molecule has 0 aromatic carbocycles. The van der Waals surface area contributed by atoms with Gasteiger partial charge >= 0.3 is 6.16 Å². The zero-order chi connectivity index (χ0) is 6.57. The molecule has 0 bridgehead atoms. The summed E-state index contributed by atoms with van der Waals surface area (Å²) in [6.45, 7) is 1.57. The van der Waals surface area contributed by atoms with Crippen LogP contribution in [-0.4, -0.2) is 11.3 Å². The normalized spacial score (nSPS) is 11.0. The number of hydrogen-bond donors (Lipinski definition) is 1. The first kappa shape index (κ1) is 7.30. The number of carbonyl (C=O) groups is 1. The van der Waals surface area contributed by atoms with Gasteiger partial charge in [0.1, 0.15) is 0 Å². The molecule has 0 radical (unpaired) electrons. The summed E-state index contributed by atoms with van der Waals surface area (Å²) in [6.07, 6.45) is -0.0523. The first-order valence-corrected chi connectivity index (χ1v) is 2.27. The molecule has 0 aliphatic carbocycles. The highest BCUT2D eigenvalue weighted by molar-refractivity contribution is 6.28. The molecule has 1 N–H and O–H groups in total. The van der Waals surface area contributed by atoms with E-state index in [1.165, 1.54) is 6.08 Å². The zero-order valence-electron chi connectivity index (χ0n) is 4.22. The monoisotopic (exact) mass is 136 g/mol. The third-order valence-electron chi connectivity index (χ3n) is 0.412. The van der Waals surface area contributed by atoms with Gasteiger partial charge in [0.15, 0.2) is 5.22 Å². The van der Waals surface area contributed by atoms with E-state index < -0.39 is 6.16 Å². The highest BCUT2D eigenvalue weighted by Gasteiger charge is 1.96. The van der Waals surface area contributed by atoms with Crippen LogP contribution in [0.15, 0.2) is 11.3 Å². The molecule has 0 aliphatic rings. The fourth-order valence-corrected chi connectivity index (χ4v) is 0.208. The van der Waals surface area contributed by atoms with E-state index >= 15 is 0 Å². The van der Waals surface area contributed by atoms with Crippen molar-refractivity contribution in [3.8, 4) is 0 Å². The summed E-state index contributed by atoms with van der Waals surface area (Å²) in [6, 6.07) is 0. The predicted octanol–water partition coefficient (Wildman–Crippen LogP) is 1.78. The number of carboxylic acid groups (broad SMARTS) is 1. The minimum absolute atomic E-state index is 0.127.